The number of thiophene rings is 1. The van der Waals surface area contributed by atoms with Gasteiger partial charge in [0.2, 0.25) is 5.91 Å². The molecule has 2 amide bonds. The van der Waals surface area contributed by atoms with Gasteiger partial charge in [-0.05, 0) is 40.4 Å². The highest BCUT2D eigenvalue weighted by Crippen LogP contribution is 2.27. The molecular weight excluding hydrogens is 412 g/mol. The summed E-state index contributed by atoms with van der Waals surface area (Å²) in [7, 11) is 4.82. The standard InChI is InChI=1S/C24H28N2O4S/c1-15(2)22(25-23(27)16-10-18(29-4)12-19(11-16)30-5)24(28)26(3)13-17-14-31-21-9-7-6-8-20(17)21/h6-12,14-15,22H,13H2,1-5H3,(H,25,27). The molecule has 7 heteroatoms. The molecule has 0 saturated heterocycles. The topological polar surface area (TPSA) is 67.9 Å². The van der Waals surface area contributed by atoms with Crippen LogP contribution in [0.5, 0.6) is 11.5 Å². The zero-order valence-corrected chi connectivity index (χ0v) is 19.3. The third-order valence-corrected chi connectivity index (χ3v) is 6.19. The van der Waals surface area contributed by atoms with E-state index in [9.17, 15) is 9.59 Å². The maximum Gasteiger partial charge on any atom is 0.252 e. The Balaban J connectivity index is 1.76. The van der Waals surface area contributed by atoms with Crippen LogP contribution in [0.4, 0.5) is 0 Å². The summed E-state index contributed by atoms with van der Waals surface area (Å²) in [4.78, 5) is 27.8. The lowest BCUT2D eigenvalue weighted by Gasteiger charge is -2.27. The van der Waals surface area contributed by atoms with E-state index < -0.39 is 6.04 Å². The van der Waals surface area contributed by atoms with Crippen molar-refractivity contribution in [3.63, 3.8) is 0 Å². The molecule has 0 fully saturated rings. The minimum absolute atomic E-state index is 0.0781. The van der Waals surface area contributed by atoms with Crippen LogP contribution in [0.3, 0.4) is 0 Å². The number of likely N-dealkylation sites (N-methyl/N-ethyl adjacent to an activating group) is 1. The zero-order valence-electron chi connectivity index (χ0n) is 18.5. The van der Waals surface area contributed by atoms with Gasteiger partial charge in [0, 0.05) is 29.9 Å². The highest BCUT2D eigenvalue weighted by Gasteiger charge is 2.28. The molecule has 1 heterocycles. The number of fused-ring (bicyclic) bond motifs is 1. The molecule has 0 radical (unpaired) electrons. The average Bonchev–Trinajstić information content (AvgIpc) is 3.18. The smallest absolute Gasteiger partial charge is 0.252 e. The molecule has 1 unspecified atom stereocenters. The van der Waals surface area contributed by atoms with Crippen molar-refractivity contribution >= 4 is 33.2 Å². The van der Waals surface area contributed by atoms with Crippen LogP contribution in [-0.2, 0) is 11.3 Å². The summed E-state index contributed by atoms with van der Waals surface area (Å²) in [6.07, 6.45) is 0. The molecule has 0 spiro atoms. The maximum absolute atomic E-state index is 13.2. The average molecular weight is 441 g/mol. The van der Waals surface area contributed by atoms with E-state index in [0.29, 0.717) is 23.6 Å². The second-order valence-corrected chi connectivity index (χ2v) is 8.66. The quantitative estimate of drug-likeness (QED) is 0.566. The van der Waals surface area contributed by atoms with Crippen molar-refractivity contribution in [3.8, 4) is 11.5 Å². The van der Waals surface area contributed by atoms with Gasteiger partial charge in [-0.25, -0.2) is 0 Å². The monoisotopic (exact) mass is 440 g/mol. The third kappa shape index (κ3) is 5.17. The summed E-state index contributed by atoms with van der Waals surface area (Å²) >= 11 is 1.67. The number of nitrogens with zero attached hydrogens (tertiary/aromatic N) is 1. The second-order valence-electron chi connectivity index (χ2n) is 7.75. The molecule has 31 heavy (non-hydrogen) atoms. The zero-order chi connectivity index (χ0) is 22.5. The predicted molar refractivity (Wildman–Crippen MR) is 124 cm³/mol. The van der Waals surface area contributed by atoms with Crippen molar-refractivity contribution in [3.05, 3.63) is 59.0 Å². The van der Waals surface area contributed by atoms with Gasteiger partial charge in [0.1, 0.15) is 17.5 Å². The normalized spacial score (nSPS) is 11.9. The van der Waals surface area contributed by atoms with E-state index in [2.05, 4.69) is 22.8 Å². The molecule has 164 valence electrons. The molecule has 1 N–H and O–H groups in total. The van der Waals surface area contributed by atoms with Crippen molar-refractivity contribution in [1.82, 2.24) is 10.2 Å². The molecule has 1 aromatic heterocycles. The molecule has 3 rings (SSSR count). The predicted octanol–water partition coefficient (Wildman–Crippen LogP) is 4.33. The van der Waals surface area contributed by atoms with Crippen LogP contribution in [0.15, 0.2) is 47.8 Å². The summed E-state index contributed by atoms with van der Waals surface area (Å²) in [5, 5.41) is 6.13. The van der Waals surface area contributed by atoms with E-state index in [1.165, 1.54) is 18.9 Å². The first kappa shape index (κ1) is 22.6. The first-order valence-corrected chi connectivity index (χ1v) is 11.0. The van der Waals surface area contributed by atoms with Crippen molar-refractivity contribution in [1.29, 1.82) is 0 Å². The Morgan fingerprint density at radius 1 is 1.06 bits per heavy atom. The highest BCUT2D eigenvalue weighted by atomic mass is 32.1. The maximum atomic E-state index is 13.2. The van der Waals surface area contributed by atoms with Gasteiger partial charge in [-0.2, -0.15) is 0 Å². The number of ether oxygens (including phenoxy) is 2. The Kier molecular flexibility index (Phi) is 7.17. The Labute approximate surface area is 186 Å². The van der Waals surface area contributed by atoms with Gasteiger partial charge >= 0.3 is 0 Å². The molecule has 3 aromatic rings. The summed E-state index contributed by atoms with van der Waals surface area (Å²) in [5.74, 6) is 0.467. The lowest BCUT2D eigenvalue weighted by Crippen LogP contribution is -2.50. The van der Waals surface area contributed by atoms with E-state index >= 15 is 0 Å². The van der Waals surface area contributed by atoms with Gasteiger partial charge in [-0.15, -0.1) is 11.3 Å². The second kappa shape index (κ2) is 9.83. The number of nitrogens with one attached hydrogen (secondary N) is 1. The largest absolute Gasteiger partial charge is 0.497 e. The highest BCUT2D eigenvalue weighted by molar-refractivity contribution is 7.17. The van der Waals surface area contributed by atoms with Crippen LogP contribution in [0, 0.1) is 5.92 Å². The molecule has 0 saturated carbocycles. The van der Waals surface area contributed by atoms with E-state index in [4.69, 9.17) is 9.47 Å². The van der Waals surface area contributed by atoms with Crippen LogP contribution >= 0.6 is 11.3 Å². The first-order chi connectivity index (χ1) is 14.8. The minimum Gasteiger partial charge on any atom is -0.497 e. The Hall–Kier alpha value is -3.06. The molecule has 1 atom stereocenters. The fourth-order valence-electron chi connectivity index (χ4n) is 3.40. The van der Waals surface area contributed by atoms with Crippen molar-refractivity contribution in [2.45, 2.75) is 26.4 Å². The van der Waals surface area contributed by atoms with Crippen LogP contribution in [-0.4, -0.2) is 44.0 Å². The molecule has 0 aliphatic carbocycles. The first-order valence-electron chi connectivity index (χ1n) is 10.1. The number of rotatable bonds is 8. The number of hydrogen-bond acceptors (Lipinski definition) is 5. The van der Waals surface area contributed by atoms with E-state index in [0.717, 1.165) is 10.9 Å². The summed E-state index contributed by atoms with van der Waals surface area (Å²) in [5.41, 5.74) is 1.48. The number of amides is 2. The molecule has 0 bridgehead atoms. The van der Waals surface area contributed by atoms with Crippen LogP contribution in [0.25, 0.3) is 10.1 Å². The van der Waals surface area contributed by atoms with Gasteiger partial charge in [0.05, 0.1) is 14.2 Å². The minimum atomic E-state index is -0.653. The van der Waals surface area contributed by atoms with Gasteiger partial charge in [0.15, 0.2) is 0 Å². The van der Waals surface area contributed by atoms with Crippen LogP contribution < -0.4 is 14.8 Å². The molecule has 0 aliphatic heterocycles. The van der Waals surface area contributed by atoms with Gasteiger partial charge in [-0.1, -0.05) is 32.0 Å². The van der Waals surface area contributed by atoms with Crippen molar-refractivity contribution < 1.29 is 19.1 Å². The molecule has 6 nitrogen and oxygen atoms in total. The SMILES string of the molecule is COc1cc(OC)cc(C(=O)NC(C(=O)N(C)Cc2csc3ccccc23)C(C)C)c1. The van der Waals surface area contributed by atoms with E-state index in [1.807, 2.05) is 26.0 Å². The third-order valence-electron chi connectivity index (χ3n) is 5.18. The van der Waals surface area contributed by atoms with Crippen molar-refractivity contribution in [2.24, 2.45) is 5.92 Å². The number of benzene rings is 2. The Morgan fingerprint density at radius 3 is 2.32 bits per heavy atom. The number of hydrogen-bond donors (Lipinski definition) is 1. The molecule has 0 aliphatic rings. The van der Waals surface area contributed by atoms with E-state index in [-0.39, 0.29) is 17.7 Å². The van der Waals surface area contributed by atoms with Gasteiger partial charge < -0.3 is 19.7 Å². The summed E-state index contributed by atoms with van der Waals surface area (Å²) < 4.78 is 11.7. The van der Waals surface area contributed by atoms with Crippen molar-refractivity contribution in [2.75, 3.05) is 21.3 Å². The number of carbonyl (C=O) groups is 2. The summed E-state index contributed by atoms with van der Waals surface area (Å²) in [6, 6.07) is 12.4. The fourth-order valence-corrected chi connectivity index (χ4v) is 4.36. The summed E-state index contributed by atoms with van der Waals surface area (Å²) in [6.45, 7) is 4.32. The van der Waals surface area contributed by atoms with Crippen LogP contribution in [0.2, 0.25) is 0 Å². The number of carbonyl (C=O) groups excluding carboxylic acids is 2. The lowest BCUT2D eigenvalue weighted by atomic mass is 10.0. The molecule has 2 aromatic carbocycles. The van der Waals surface area contributed by atoms with Gasteiger partial charge in [-0.3, -0.25) is 9.59 Å². The fraction of sp³-hybridized carbons (Fsp3) is 0.333. The lowest BCUT2D eigenvalue weighted by molar-refractivity contribution is -0.133. The molecular formula is C24H28N2O4S. The number of methoxy groups -OCH3 is 2. The van der Waals surface area contributed by atoms with Crippen LogP contribution in [0.1, 0.15) is 29.8 Å². The Bertz CT molecular complexity index is 1050. The Morgan fingerprint density at radius 2 is 1.71 bits per heavy atom. The van der Waals surface area contributed by atoms with E-state index in [1.54, 1.807) is 41.5 Å². The van der Waals surface area contributed by atoms with Gasteiger partial charge in [0.25, 0.3) is 5.91 Å².